The molecule has 1 aromatic carbocycles. The van der Waals surface area contributed by atoms with Crippen LogP contribution in [0.15, 0.2) is 30.3 Å². The van der Waals surface area contributed by atoms with Gasteiger partial charge >= 0.3 is 27.1 Å². The van der Waals surface area contributed by atoms with Crippen LogP contribution >= 0.6 is 15.2 Å². The van der Waals surface area contributed by atoms with Gasteiger partial charge in [0.2, 0.25) is 0 Å². The molecule has 0 aromatic heterocycles. The fraction of sp³-hybridized carbons (Fsp3) is 0.529. The average Bonchev–Trinajstić information content (AvgIpc) is 2.62. The molecule has 170 valence electrons. The summed E-state index contributed by atoms with van der Waals surface area (Å²) >= 11 is 0. The Bertz CT molecular complexity index is 736. The maximum Gasteiger partial charge on any atom is 0.325 e. The second kappa shape index (κ2) is 12.9. The van der Waals surface area contributed by atoms with Crippen molar-refractivity contribution >= 4 is 27.1 Å². The van der Waals surface area contributed by atoms with Crippen molar-refractivity contribution in [3.63, 3.8) is 0 Å². The van der Waals surface area contributed by atoms with E-state index >= 15 is 0 Å². The number of carboxylic acids is 1. The number of hydrogen-bond acceptors (Lipinski definition) is 5. The lowest BCUT2D eigenvalue weighted by Crippen LogP contribution is -2.16. The molecule has 0 aliphatic heterocycles. The Kier molecular flexibility index (Phi) is 12.2. The Hall–Kier alpha value is -1.54. The van der Waals surface area contributed by atoms with Crippen LogP contribution in [0.3, 0.4) is 0 Å². The lowest BCUT2D eigenvalue weighted by atomic mass is 10.1. The standard InChI is InChI=1S/C12H17O5P.C5H11O5P.2H2/c1-10(7-8-18(14,15)16)12(13)17-9-11-5-3-2-4-6-11;1-4(5(6)7)2-3-11(8,9)10;;/h2-6,10H,7-9H2,1H3,(H2,14,15,16);4H,2-3H2,1H3,(H,6,7)(H2,8,9,10);2*1H/t10-;4-;;/m00../s1/i;;2*1+1. The number of carbonyl (C=O) groups is 2. The molecule has 2 atom stereocenters. The molecular weight excluding hydrogens is 426 g/mol. The Morgan fingerprint density at radius 2 is 1.38 bits per heavy atom. The van der Waals surface area contributed by atoms with Crippen molar-refractivity contribution in [2.24, 2.45) is 11.8 Å². The summed E-state index contributed by atoms with van der Waals surface area (Å²) in [5.41, 5.74) is 0.882. The van der Waals surface area contributed by atoms with Gasteiger partial charge in [0, 0.05) is 2.85 Å². The molecule has 0 saturated heterocycles. The predicted molar refractivity (Wildman–Crippen MR) is 109 cm³/mol. The zero-order valence-electron chi connectivity index (χ0n) is 16.2. The molecule has 0 bridgehead atoms. The fourth-order valence-corrected chi connectivity index (χ4v) is 3.28. The van der Waals surface area contributed by atoms with Gasteiger partial charge in [0.05, 0.1) is 24.2 Å². The second-order valence-electron chi connectivity index (χ2n) is 6.59. The Morgan fingerprint density at radius 3 is 1.79 bits per heavy atom. The van der Waals surface area contributed by atoms with Crippen LogP contribution in [0.25, 0.3) is 0 Å². The minimum absolute atomic E-state index is 0. The number of hydrogen-bond donors (Lipinski definition) is 5. The summed E-state index contributed by atoms with van der Waals surface area (Å²) in [6.07, 6.45) is -0.521. The molecule has 0 aliphatic rings. The third-order valence-corrected chi connectivity index (χ3v) is 5.44. The maximum atomic E-state index is 11.6. The number of ether oxygens (including phenoxy) is 1. The largest absolute Gasteiger partial charge is 0.481 e. The van der Waals surface area contributed by atoms with Crippen molar-refractivity contribution < 1.29 is 51.0 Å². The SMILES string of the molecule is C[C@@H](CCP(=O)(O)O)C(=O)O.C[C@@H](CCP(=O)(O)O)C(=O)OCc1ccccc1.[2HH].[2HH]. The van der Waals surface area contributed by atoms with Gasteiger partial charge in [-0.25, -0.2) is 0 Å². The summed E-state index contributed by atoms with van der Waals surface area (Å²) in [6, 6.07) is 9.25. The van der Waals surface area contributed by atoms with Gasteiger partial charge in [0.25, 0.3) is 0 Å². The van der Waals surface area contributed by atoms with Crippen molar-refractivity contribution in [2.75, 3.05) is 12.3 Å². The molecule has 1 aromatic rings. The van der Waals surface area contributed by atoms with Crippen LogP contribution in [-0.2, 0) is 30.1 Å². The lowest BCUT2D eigenvalue weighted by Gasteiger charge is -2.11. The topological polar surface area (TPSA) is 179 Å². The van der Waals surface area contributed by atoms with E-state index in [4.69, 9.17) is 29.4 Å². The van der Waals surface area contributed by atoms with Gasteiger partial charge < -0.3 is 29.4 Å². The summed E-state index contributed by atoms with van der Waals surface area (Å²) in [5, 5.41) is 8.33. The zero-order valence-corrected chi connectivity index (χ0v) is 18.0. The van der Waals surface area contributed by atoms with Crippen molar-refractivity contribution in [2.45, 2.75) is 33.3 Å². The third-order valence-electron chi connectivity index (χ3n) is 3.75. The van der Waals surface area contributed by atoms with Crippen LogP contribution in [-0.4, -0.2) is 48.9 Å². The van der Waals surface area contributed by atoms with Gasteiger partial charge in [-0.1, -0.05) is 44.2 Å². The summed E-state index contributed by atoms with van der Waals surface area (Å²) in [6.45, 7) is 3.20. The molecule has 0 heterocycles. The van der Waals surface area contributed by atoms with E-state index in [9.17, 15) is 18.7 Å². The normalized spacial score (nSPS) is 13.6. The maximum absolute atomic E-state index is 11.6. The van der Waals surface area contributed by atoms with Crippen LogP contribution in [0.2, 0.25) is 0 Å². The van der Waals surface area contributed by atoms with E-state index in [0.717, 1.165) is 5.56 Å². The van der Waals surface area contributed by atoms with Gasteiger partial charge in [-0.3, -0.25) is 18.7 Å². The second-order valence-corrected chi connectivity index (χ2v) is 10.1. The Balaban J connectivity index is -0.000000528. The third kappa shape index (κ3) is 16.0. The molecule has 0 radical (unpaired) electrons. The van der Waals surface area contributed by atoms with E-state index in [1.807, 2.05) is 30.3 Å². The van der Waals surface area contributed by atoms with E-state index < -0.39 is 39.0 Å². The molecule has 0 spiro atoms. The first-order valence-electron chi connectivity index (χ1n) is 8.74. The minimum atomic E-state index is -4.04. The molecular formula is C17H32O10P2. The molecule has 0 saturated carbocycles. The highest BCUT2D eigenvalue weighted by atomic mass is 31.2. The van der Waals surface area contributed by atoms with Crippen LogP contribution in [0.1, 0.15) is 35.1 Å². The van der Waals surface area contributed by atoms with Crippen LogP contribution in [0, 0.1) is 11.8 Å². The molecule has 1 rings (SSSR count). The van der Waals surface area contributed by atoms with Crippen LogP contribution in [0.5, 0.6) is 0 Å². The van der Waals surface area contributed by atoms with Crippen molar-refractivity contribution in [1.82, 2.24) is 0 Å². The predicted octanol–water partition coefficient (Wildman–Crippen LogP) is 2.70. The first-order chi connectivity index (χ1) is 13.2. The molecule has 10 nitrogen and oxygen atoms in total. The fourth-order valence-electron chi connectivity index (χ4n) is 1.84. The summed E-state index contributed by atoms with van der Waals surface area (Å²) in [5.74, 6) is -2.67. The van der Waals surface area contributed by atoms with E-state index in [1.165, 1.54) is 6.92 Å². The van der Waals surface area contributed by atoms with Gasteiger partial charge in [-0.05, 0) is 18.4 Å². The number of rotatable bonds is 10. The summed E-state index contributed by atoms with van der Waals surface area (Å²) in [4.78, 5) is 55.9. The van der Waals surface area contributed by atoms with Crippen molar-refractivity contribution in [3.05, 3.63) is 35.9 Å². The quantitative estimate of drug-likeness (QED) is 0.257. The van der Waals surface area contributed by atoms with Gasteiger partial charge in [-0.15, -0.1) is 0 Å². The number of aliphatic carboxylic acids is 1. The highest BCUT2D eigenvalue weighted by Gasteiger charge is 2.20. The lowest BCUT2D eigenvalue weighted by molar-refractivity contribution is -0.149. The molecule has 0 unspecified atom stereocenters. The van der Waals surface area contributed by atoms with Crippen LogP contribution in [0.4, 0.5) is 0 Å². The van der Waals surface area contributed by atoms with Gasteiger partial charge in [0.15, 0.2) is 0 Å². The van der Waals surface area contributed by atoms with E-state index in [-0.39, 0.29) is 34.6 Å². The summed E-state index contributed by atoms with van der Waals surface area (Å²) in [7, 11) is -8.07. The molecule has 0 amide bonds. The Morgan fingerprint density at radius 1 is 0.931 bits per heavy atom. The molecule has 5 N–H and O–H groups in total. The highest BCUT2D eigenvalue weighted by Crippen LogP contribution is 2.36. The minimum Gasteiger partial charge on any atom is -0.481 e. The number of benzene rings is 1. The molecule has 12 heteroatoms. The monoisotopic (exact) mass is 460 g/mol. The summed E-state index contributed by atoms with van der Waals surface area (Å²) < 4.78 is 26.0. The van der Waals surface area contributed by atoms with Crippen LogP contribution < -0.4 is 0 Å². The number of carbonyl (C=O) groups excluding carboxylic acids is 1. The van der Waals surface area contributed by atoms with E-state index in [0.29, 0.717) is 0 Å². The zero-order chi connectivity index (χ0) is 22.7. The van der Waals surface area contributed by atoms with Gasteiger partial charge in [0.1, 0.15) is 6.61 Å². The Labute approximate surface area is 172 Å². The van der Waals surface area contributed by atoms with Crippen molar-refractivity contribution in [3.8, 4) is 0 Å². The van der Waals surface area contributed by atoms with Gasteiger partial charge in [-0.2, -0.15) is 0 Å². The first-order valence-corrected chi connectivity index (χ1v) is 12.3. The molecule has 0 aliphatic carbocycles. The molecule has 0 fully saturated rings. The molecule has 29 heavy (non-hydrogen) atoms. The number of carboxylic acid groups (broad SMARTS) is 1. The average molecular weight is 460 g/mol. The number of esters is 1. The van der Waals surface area contributed by atoms with E-state index in [2.05, 4.69) is 0 Å². The smallest absolute Gasteiger partial charge is 0.325 e. The highest BCUT2D eigenvalue weighted by molar-refractivity contribution is 7.52. The van der Waals surface area contributed by atoms with E-state index in [1.54, 1.807) is 6.92 Å². The van der Waals surface area contributed by atoms with Crippen molar-refractivity contribution in [1.29, 1.82) is 0 Å². The first kappa shape index (κ1) is 27.5.